The number of hydrogen-bond acceptors (Lipinski definition) is 3. The number of fused-ring (bicyclic) bond motifs is 1. The smallest absolute Gasteiger partial charge is 0.236 e. The summed E-state index contributed by atoms with van der Waals surface area (Å²) in [4.78, 5) is 13.9. The van der Waals surface area contributed by atoms with Crippen LogP contribution >= 0.6 is 11.8 Å². The zero-order chi connectivity index (χ0) is 12.1. The van der Waals surface area contributed by atoms with Crippen molar-refractivity contribution in [3.05, 3.63) is 29.8 Å². The average molecular weight is 251 g/mol. The molecule has 2 rings (SSSR count). The number of carbonyl (C=O) groups excluding carboxylic acids is 1. The molecule has 0 aromatic heterocycles. The van der Waals surface area contributed by atoms with Crippen LogP contribution in [0.1, 0.15) is 12.0 Å². The minimum atomic E-state index is 0.179. The molecule has 1 aliphatic heterocycles. The van der Waals surface area contributed by atoms with E-state index in [0.29, 0.717) is 5.75 Å². The Morgan fingerprint density at radius 3 is 3.06 bits per heavy atom. The molecule has 0 radical (unpaired) electrons. The molecule has 0 fully saturated rings. The van der Waals surface area contributed by atoms with E-state index in [1.54, 1.807) is 11.8 Å². The van der Waals surface area contributed by atoms with Crippen molar-refractivity contribution in [1.29, 1.82) is 0 Å². The number of nitrogens with zero attached hydrogens (tertiary/aromatic N) is 1. The molecule has 1 aromatic carbocycles. The topological polar surface area (TPSA) is 40.5 Å². The summed E-state index contributed by atoms with van der Waals surface area (Å²) in [7, 11) is 0. The summed E-state index contributed by atoms with van der Waals surface area (Å²) in [6.07, 6.45) is 1.72. The van der Waals surface area contributed by atoms with Crippen LogP contribution in [0.3, 0.4) is 0 Å². The molecule has 0 unspecified atom stereocenters. The van der Waals surface area contributed by atoms with Crippen molar-refractivity contribution in [2.75, 3.05) is 29.6 Å². The van der Waals surface area contributed by atoms with Crippen molar-refractivity contribution in [3.8, 4) is 0 Å². The molecule has 92 valence electrons. The first-order valence-corrected chi connectivity index (χ1v) is 7.05. The van der Waals surface area contributed by atoms with Crippen LogP contribution < -0.4 is 4.90 Å². The maximum atomic E-state index is 12.0. The summed E-state index contributed by atoms with van der Waals surface area (Å²) in [5.41, 5.74) is 2.33. The van der Waals surface area contributed by atoms with Gasteiger partial charge < -0.3 is 10.0 Å². The average Bonchev–Trinajstić information content (AvgIpc) is 2.78. The van der Waals surface area contributed by atoms with E-state index < -0.39 is 0 Å². The summed E-state index contributed by atoms with van der Waals surface area (Å²) >= 11 is 1.60. The molecule has 1 heterocycles. The predicted octanol–water partition coefficient (Wildman–Crippen LogP) is 1.69. The minimum Gasteiger partial charge on any atom is -0.396 e. The van der Waals surface area contributed by atoms with Gasteiger partial charge in [-0.3, -0.25) is 4.79 Å². The number of hydrogen-bond donors (Lipinski definition) is 1. The van der Waals surface area contributed by atoms with Crippen LogP contribution in [0.15, 0.2) is 24.3 Å². The summed E-state index contributed by atoms with van der Waals surface area (Å²) < 4.78 is 0. The fourth-order valence-electron chi connectivity index (χ4n) is 2.00. The number of amides is 1. The summed E-state index contributed by atoms with van der Waals surface area (Å²) in [5, 5.41) is 8.66. The van der Waals surface area contributed by atoms with Crippen molar-refractivity contribution in [3.63, 3.8) is 0 Å². The van der Waals surface area contributed by atoms with Crippen LogP contribution in [0, 0.1) is 0 Å². The van der Waals surface area contributed by atoms with Crippen LogP contribution in [0.4, 0.5) is 5.69 Å². The Hall–Kier alpha value is -1.00. The van der Waals surface area contributed by atoms with Gasteiger partial charge in [0.25, 0.3) is 0 Å². The lowest BCUT2D eigenvalue weighted by molar-refractivity contribution is -0.116. The first-order chi connectivity index (χ1) is 8.33. The van der Waals surface area contributed by atoms with Gasteiger partial charge in [-0.2, -0.15) is 11.8 Å². The monoisotopic (exact) mass is 251 g/mol. The molecule has 1 aliphatic rings. The molecule has 0 bridgehead atoms. The number of rotatable bonds is 5. The Labute approximate surface area is 106 Å². The lowest BCUT2D eigenvalue weighted by Gasteiger charge is -2.16. The number of benzene rings is 1. The summed E-state index contributed by atoms with van der Waals surface area (Å²) in [5.74, 6) is 1.53. The number of aliphatic hydroxyl groups is 1. The standard InChI is InChI=1S/C13H17NO2S/c15-8-3-9-17-10-13(16)14-7-6-11-4-1-2-5-12(11)14/h1-2,4-5,15H,3,6-10H2. The van der Waals surface area contributed by atoms with Crippen LogP contribution in [0.25, 0.3) is 0 Å². The van der Waals surface area contributed by atoms with Gasteiger partial charge in [0, 0.05) is 18.8 Å². The highest BCUT2D eigenvalue weighted by Crippen LogP contribution is 2.27. The second kappa shape index (κ2) is 6.07. The second-order valence-electron chi connectivity index (χ2n) is 4.05. The first kappa shape index (κ1) is 12.5. The molecular weight excluding hydrogens is 234 g/mol. The van der Waals surface area contributed by atoms with E-state index in [2.05, 4.69) is 6.07 Å². The van der Waals surface area contributed by atoms with Crippen molar-refractivity contribution in [2.45, 2.75) is 12.8 Å². The molecule has 0 atom stereocenters. The van der Waals surface area contributed by atoms with E-state index in [0.717, 1.165) is 30.8 Å². The molecule has 1 amide bonds. The highest BCUT2D eigenvalue weighted by atomic mass is 32.2. The number of anilines is 1. The van der Waals surface area contributed by atoms with Crippen molar-refractivity contribution < 1.29 is 9.90 Å². The second-order valence-corrected chi connectivity index (χ2v) is 5.16. The maximum Gasteiger partial charge on any atom is 0.236 e. The van der Waals surface area contributed by atoms with E-state index in [9.17, 15) is 4.79 Å². The molecular formula is C13H17NO2S. The van der Waals surface area contributed by atoms with Gasteiger partial charge in [0.15, 0.2) is 0 Å². The van der Waals surface area contributed by atoms with Crippen LogP contribution in [-0.4, -0.2) is 35.7 Å². The highest BCUT2D eigenvalue weighted by molar-refractivity contribution is 7.99. The molecule has 0 saturated heterocycles. The van der Waals surface area contributed by atoms with Crippen LogP contribution in [-0.2, 0) is 11.2 Å². The minimum absolute atomic E-state index is 0.179. The Morgan fingerprint density at radius 1 is 1.41 bits per heavy atom. The molecule has 1 aromatic rings. The van der Waals surface area contributed by atoms with Crippen molar-refractivity contribution >= 4 is 23.4 Å². The highest BCUT2D eigenvalue weighted by Gasteiger charge is 2.23. The van der Waals surface area contributed by atoms with Gasteiger partial charge in [-0.15, -0.1) is 0 Å². The fourth-order valence-corrected chi connectivity index (χ4v) is 2.81. The van der Waals surface area contributed by atoms with Gasteiger partial charge >= 0.3 is 0 Å². The quantitative estimate of drug-likeness (QED) is 0.810. The predicted molar refractivity (Wildman–Crippen MR) is 71.5 cm³/mol. The molecule has 0 spiro atoms. The lowest BCUT2D eigenvalue weighted by atomic mass is 10.2. The third-order valence-electron chi connectivity index (χ3n) is 2.86. The summed E-state index contributed by atoms with van der Waals surface area (Å²) in [6, 6.07) is 8.09. The third kappa shape index (κ3) is 3.01. The van der Waals surface area contributed by atoms with E-state index in [-0.39, 0.29) is 12.5 Å². The lowest BCUT2D eigenvalue weighted by Crippen LogP contribution is -2.30. The number of carbonyl (C=O) groups is 1. The Morgan fingerprint density at radius 2 is 2.24 bits per heavy atom. The zero-order valence-corrected chi connectivity index (χ0v) is 10.6. The normalized spacial score (nSPS) is 13.8. The van der Waals surface area contributed by atoms with Gasteiger partial charge in [-0.05, 0) is 30.2 Å². The maximum absolute atomic E-state index is 12.0. The van der Waals surface area contributed by atoms with Crippen molar-refractivity contribution in [2.24, 2.45) is 0 Å². The molecule has 3 nitrogen and oxygen atoms in total. The first-order valence-electron chi connectivity index (χ1n) is 5.90. The molecule has 0 saturated carbocycles. The molecule has 4 heteroatoms. The van der Waals surface area contributed by atoms with Gasteiger partial charge in [-0.1, -0.05) is 18.2 Å². The van der Waals surface area contributed by atoms with E-state index in [1.807, 2.05) is 23.1 Å². The summed E-state index contributed by atoms with van der Waals surface area (Å²) in [6.45, 7) is 1.01. The number of thioether (sulfide) groups is 1. The van der Waals surface area contributed by atoms with E-state index in [4.69, 9.17) is 5.11 Å². The largest absolute Gasteiger partial charge is 0.396 e. The van der Waals surface area contributed by atoms with Gasteiger partial charge in [0.05, 0.1) is 5.75 Å². The Balaban J connectivity index is 1.89. The van der Waals surface area contributed by atoms with Gasteiger partial charge in [0.2, 0.25) is 5.91 Å². The van der Waals surface area contributed by atoms with Gasteiger partial charge in [0.1, 0.15) is 0 Å². The zero-order valence-electron chi connectivity index (χ0n) is 9.76. The van der Waals surface area contributed by atoms with Crippen LogP contribution in [0.2, 0.25) is 0 Å². The molecule has 17 heavy (non-hydrogen) atoms. The SMILES string of the molecule is O=C(CSCCCO)N1CCc2ccccc21. The number of para-hydroxylation sites is 1. The van der Waals surface area contributed by atoms with Crippen molar-refractivity contribution in [1.82, 2.24) is 0 Å². The fraction of sp³-hybridized carbons (Fsp3) is 0.462. The third-order valence-corrected chi connectivity index (χ3v) is 3.89. The number of aliphatic hydroxyl groups excluding tert-OH is 1. The van der Waals surface area contributed by atoms with Crippen LogP contribution in [0.5, 0.6) is 0 Å². The van der Waals surface area contributed by atoms with Gasteiger partial charge in [-0.25, -0.2) is 0 Å². The molecule has 0 aliphatic carbocycles. The van der Waals surface area contributed by atoms with E-state index in [1.165, 1.54) is 5.56 Å². The Bertz CT molecular complexity index is 395. The Kier molecular flexibility index (Phi) is 4.45. The van der Waals surface area contributed by atoms with E-state index >= 15 is 0 Å². The molecule has 1 N–H and O–H groups in total.